The lowest BCUT2D eigenvalue weighted by Gasteiger charge is -2.28. The zero-order chi connectivity index (χ0) is 18.3. The van der Waals surface area contributed by atoms with Crippen LogP contribution in [-0.4, -0.2) is 10.9 Å². The second kappa shape index (κ2) is 6.25. The number of phenolic OH excluding ortho intramolecular Hbond substituents is 1. The second-order valence-corrected chi connectivity index (χ2v) is 8.69. The Hall–Kier alpha value is -1.80. The topological polar surface area (TPSA) is 37.3 Å². The van der Waals surface area contributed by atoms with Crippen molar-refractivity contribution in [1.29, 1.82) is 0 Å². The van der Waals surface area contributed by atoms with Gasteiger partial charge in [-0.25, -0.2) is 0 Å². The number of aromatic hydroxyl groups is 1. The quantitative estimate of drug-likeness (QED) is 0.691. The van der Waals surface area contributed by atoms with E-state index in [9.17, 15) is 9.90 Å². The van der Waals surface area contributed by atoms with E-state index in [1.54, 1.807) is 24.3 Å². The average molecular weight is 345 g/mol. The van der Waals surface area contributed by atoms with Crippen LogP contribution in [0.25, 0.3) is 0 Å². The summed E-state index contributed by atoms with van der Waals surface area (Å²) in [6.07, 6.45) is 0. The van der Waals surface area contributed by atoms with Crippen molar-refractivity contribution in [3.8, 4) is 5.75 Å². The van der Waals surface area contributed by atoms with Crippen LogP contribution < -0.4 is 0 Å². The Morgan fingerprint density at radius 3 is 1.62 bits per heavy atom. The van der Waals surface area contributed by atoms with Crippen molar-refractivity contribution in [2.24, 2.45) is 0 Å². The van der Waals surface area contributed by atoms with Crippen LogP contribution in [0.3, 0.4) is 0 Å². The first-order valence-corrected chi connectivity index (χ1v) is 8.47. The van der Waals surface area contributed by atoms with Gasteiger partial charge in [0, 0.05) is 27.3 Å². The van der Waals surface area contributed by atoms with Crippen LogP contribution in [0.15, 0.2) is 36.4 Å². The number of hydrogen-bond donors (Lipinski definition) is 1. The van der Waals surface area contributed by atoms with E-state index in [1.807, 2.05) is 53.7 Å². The van der Waals surface area contributed by atoms with Crippen molar-refractivity contribution >= 4 is 17.4 Å². The monoisotopic (exact) mass is 344 g/mol. The van der Waals surface area contributed by atoms with Gasteiger partial charge in [0.1, 0.15) is 5.75 Å². The number of phenols is 1. The summed E-state index contributed by atoms with van der Waals surface area (Å²) in [7, 11) is 0. The molecule has 0 unspecified atom stereocenters. The molecule has 0 atom stereocenters. The highest BCUT2D eigenvalue weighted by atomic mass is 35.5. The fourth-order valence-corrected chi connectivity index (χ4v) is 2.80. The lowest BCUT2D eigenvalue weighted by Crippen LogP contribution is -2.19. The molecule has 0 bridgehead atoms. The summed E-state index contributed by atoms with van der Waals surface area (Å²) in [4.78, 5) is 12.9. The Labute approximate surface area is 149 Å². The fourth-order valence-electron chi connectivity index (χ4n) is 2.68. The minimum atomic E-state index is -0.264. The maximum atomic E-state index is 12.9. The number of halogens is 1. The highest BCUT2D eigenvalue weighted by molar-refractivity contribution is 6.30. The maximum absolute atomic E-state index is 12.9. The van der Waals surface area contributed by atoms with Crippen molar-refractivity contribution < 1.29 is 9.90 Å². The first kappa shape index (κ1) is 18.5. The number of rotatable bonds is 2. The lowest BCUT2D eigenvalue weighted by molar-refractivity contribution is 0.103. The summed E-state index contributed by atoms with van der Waals surface area (Å²) in [6.45, 7) is 12.2. The molecule has 2 aromatic carbocycles. The predicted octanol–water partition coefficient (Wildman–Crippen LogP) is 5.87. The minimum Gasteiger partial charge on any atom is -0.507 e. The van der Waals surface area contributed by atoms with E-state index in [-0.39, 0.29) is 22.4 Å². The van der Waals surface area contributed by atoms with E-state index in [0.29, 0.717) is 16.1 Å². The number of hydrogen-bond acceptors (Lipinski definition) is 2. The zero-order valence-electron chi connectivity index (χ0n) is 15.2. The molecule has 0 aliphatic heterocycles. The van der Waals surface area contributed by atoms with E-state index in [4.69, 9.17) is 11.6 Å². The van der Waals surface area contributed by atoms with Gasteiger partial charge < -0.3 is 5.11 Å². The Bertz CT molecular complexity index is 725. The van der Waals surface area contributed by atoms with Gasteiger partial charge in [0.15, 0.2) is 5.78 Å². The number of carbonyl (C=O) groups excluding carboxylic acids is 1. The maximum Gasteiger partial charge on any atom is 0.193 e. The minimum absolute atomic E-state index is 0.0670. The fraction of sp³-hybridized carbons (Fsp3) is 0.381. The Balaban J connectivity index is 2.66. The van der Waals surface area contributed by atoms with Gasteiger partial charge >= 0.3 is 0 Å². The Morgan fingerprint density at radius 1 is 0.833 bits per heavy atom. The first-order chi connectivity index (χ1) is 10.9. The molecule has 0 radical (unpaired) electrons. The molecule has 1 N–H and O–H groups in total. The number of ketones is 1. The van der Waals surface area contributed by atoms with Gasteiger partial charge in [0.05, 0.1) is 0 Å². The third-order valence-corrected chi connectivity index (χ3v) is 4.35. The molecule has 0 fully saturated rings. The van der Waals surface area contributed by atoms with Crippen LogP contribution in [-0.2, 0) is 10.8 Å². The molecule has 3 heteroatoms. The van der Waals surface area contributed by atoms with E-state index < -0.39 is 0 Å². The second-order valence-electron chi connectivity index (χ2n) is 8.26. The van der Waals surface area contributed by atoms with Crippen molar-refractivity contribution in [1.82, 2.24) is 0 Å². The van der Waals surface area contributed by atoms with Gasteiger partial charge in [-0.3, -0.25) is 4.79 Å². The standard InChI is InChI=1S/C21H25ClO2/c1-20(2,3)16-11-14(12-17(19(16)24)21(4,5)6)18(23)13-7-9-15(22)10-8-13/h7-12,24H,1-6H3. The molecule has 0 aliphatic carbocycles. The SMILES string of the molecule is CC(C)(C)c1cc(C(=O)c2ccc(Cl)cc2)cc(C(C)(C)C)c1O. The molecule has 0 saturated heterocycles. The van der Waals surface area contributed by atoms with Gasteiger partial charge in [-0.15, -0.1) is 0 Å². The van der Waals surface area contributed by atoms with Gasteiger partial charge in [-0.2, -0.15) is 0 Å². The Kier molecular flexibility index (Phi) is 4.83. The van der Waals surface area contributed by atoms with Crippen molar-refractivity contribution in [3.05, 3.63) is 63.7 Å². The number of carbonyl (C=O) groups is 1. The normalized spacial score (nSPS) is 12.3. The average Bonchev–Trinajstić information content (AvgIpc) is 2.45. The molecule has 0 aromatic heterocycles. The highest BCUT2D eigenvalue weighted by Gasteiger charge is 2.28. The smallest absolute Gasteiger partial charge is 0.193 e. The molecule has 2 aromatic rings. The predicted molar refractivity (Wildman–Crippen MR) is 100 cm³/mol. The first-order valence-electron chi connectivity index (χ1n) is 8.09. The third-order valence-electron chi connectivity index (χ3n) is 4.09. The van der Waals surface area contributed by atoms with Crippen LogP contribution in [0, 0.1) is 0 Å². The van der Waals surface area contributed by atoms with Crippen LogP contribution in [0.2, 0.25) is 5.02 Å². The van der Waals surface area contributed by atoms with E-state index in [2.05, 4.69) is 0 Å². The van der Waals surface area contributed by atoms with Crippen LogP contribution in [0.4, 0.5) is 0 Å². The van der Waals surface area contributed by atoms with Gasteiger partial charge in [0.25, 0.3) is 0 Å². The summed E-state index contributed by atoms with van der Waals surface area (Å²) in [5, 5.41) is 11.3. The van der Waals surface area contributed by atoms with Gasteiger partial charge in [0.2, 0.25) is 0 Å². The van der Waals surface area contributed by atoms with Crippen LogP contribution in [0.1, 0.15) is 68.6 Å². The molecule has 0 spiro atoms. The summed E-state index contributed by atoms with van der Waals surface area (Å²) in [5.41, 5.74) is 2.22. The summed E-state index contributed by atoms with van der Waals surface area (Å²) < 4.78 is 0. The molecule has 0 saturated carbocycles. The lowest BCUT2D eigenvalue weighted by atomic mass is 9.78. The molecule has 2 nitrogen and oxygen atoms in total. The van der Waals surface area contributed by atoms with Crippen LogP contribution >= 0.6 is 11.6 Å². The molecule has 0 heterocycles. The largest absolute Gasteiger partial charge is 0.507 e. The van der Waals surface area contributed by atoms with E-state index in [0.717, 1.165) is 11.1 Å². The third kappa shape index (κ3) is 3.81. The van der Waals surface area contributed by atoms with Gasteiger partial charge in [-0.1, -0.05) is 53.1 Å². The zero-order valence-corrected chi connectivity index (χ0v) is 16.0. The van der Waals surface area contributed by atoms with Crippen molar-refractivity contribution in [3.63, 3.8) is 0 Å². The molecule has 24 heavy (non-hydrogen) atoms. The summed E-state index contributed by atoms with van der Waals surface area (Å²) >= 11 is 5.91. The summed E-state index contributed by atoms with van der Waals surface area (Å²) in [6, 6.07) is 10.5. The molecule has 128 valence electrons. The highest BCUT2D eigenvalue weighted by Crippen LogP contribution is 2.40. The molecular weight excluding hydrogens is 320 g/mol. The molecule has 0 amide bonds. The number of benzene rings is 2. The van der Waals surface area contributed by atoms with E-state index >= 15 is 0 Å². The Morgan fingerprint density at radius 2 is 1.25 bits per heavy atom. The van der Waals surface area contributed by atoms with E-state index in [1.165, 1.54) is 0 Å². The molecular formula is C21H25ClO2. The van der Waals surface area contributed by atoms with Gasteiger partial charge in [-0.05, 0) is 47.2 Å². The molecule has 0 aliphatic rings. The van der Waals surface area contributed by atoms with Crippen molar-refractivity contribution in [2.75, 3.05) is 0 Å². The van der Waals surface area contributed by atoms with Crippen LogP contribution in [0.5, 0.6) is 5.75 Å². The van der Waals surface area contributed by atoms with Crippen molar-refractivity contribution in [2.45, 2.75) is 52.4 Å². The summed E-state index contributed by atoms with van der Waals surface area (Å²) in [5.74, 6) is 0.213. The molecule has 2 rings (SSSR count).